The minimum absolute atomic E-state index is 0.00245. The number of rotatable bonds is 4. The molecule has 0 aliphatic rings. The van der Waals surface area contributed by atoms with Crippen molar-refractivity contribution >= 4 is 0 Å². The molecule has 0 fully saturated rings. The molecule has 2 unspecified atom stereocenters. The zero-order chi connectivity index (χ0) is 14.1. The van der Waals surface area contributed by atoms with Crippen LogP contribution in [0, 0.1) is 0 Å². The van der Waals surface area contributed by atoms with Crippen molar-refractivity contribution in [2.24, 2.45) is 0 Å². The molecular formula is C12H18O6. The van der Waals surface area contributed by atoms with Crippen molar-refractivity contribution in [1.82, 2.24) is 0 Å². The number of aliphatic hydroxyl groups is 6. The van der Waals surface area contributed by atoms with Gasteiger partial charge in [0.1, 0.15) is 12.2 Å². The van der Waals surface area contributed by atoms with Crippen LogP contribution in [-0.4, -0.2) is 42.8 Å². The summed E-state index contributed by atoms with van der Waals surface area (Å²) in [5.74, 6) is -4.84. The molecule has 6 nitrogen and oxygen atoms in total. The largest absolute Gasteiger partial charge is 0.387 e. The van der Waals surface area contributed by atoms with E-state index in [-0.39, 0.29) is 11.1 Å². The Hall–Kier alpha value is -1.02. The normalized spacial score (nSPS) is 16.4. The Balaban J connectivity index is 3.08. The van der Waals surface area contributed by atoms with Gasteiger partial charge < -0.3 is 30.6 Å². The maximum absolute atomic E-state index is 9.60. The topological polar surface area (TPSA) is 121 Å². The minimum atomic E-state index is -2.42. The molecule has 0 saturated heterocycles. The van der Waals surface area contributed by atoms with E-state index in [4.69, 9.17) is 0 Å². The Morgan fingerprint density at radius 1 is 0.722 bits per heavy atom. The molecule has 1 aromatic carbocycles. The highest BCUT2D eigenvalue weighted by Crippen LogP contribution is 2.26. The third-order valence-electron chi connectivity index (χ3n) is 2.90. The van der Waals surface area contributed by atoms with Gasteiger partial charge in [-0.3, -0.25) is 0 Å². The van der Waals surface area contributed by atoms with Crippen LogP contribution >= 0.6 is 0 Å². The summed E-state index contributed by atoms with van der Waals surface area (Å²) in [6, 6.07) is 4.91. The van der Waals surface area contributed by atoms with Crippen LogP contribution in [0.15, 0.2) is 24.3 Å². The second-order valence-corrected chi connectivity index (χ2v) is 4.38. The summed E-state index contributed by atoms with van der Waals surface area (Å²) in [5.41, 5.74) is 0.00489. The van der Waals surface area contributed by atoms with E-state index in [0.717, 1.165) is 0 Å². The van der Waals surface area contributed by atoms with Crippen molar-refractivity contribution in [3.05, 3.63) is 35.4 Å². The van der Waals surface area contributed by atoms with Gasteiger partial charge in [-0.25, -0.2) is 0 Å². The maximum atomic E-state index is 9.60. The van der Waals surface area contributed by atoms with Gasteiger partial charge in [-0.2, -0.15) is 0 Å². The molecule has 2 atom stereocenters. The molecule has 0 heterocycles. The molecule has 0 bridgehead atoms. The molecule has 6 heteroatoms. The minimum Gasteiger partial charge on any atom is -0.387 e. The van der Waals surface area contributed by atoms with Crippen LogP contribution < -0.4 is 0 Å². The first-order valence-corrected chi connectivity index (χ1v) is 5.46. The summed E-state index contributed by atoms with van der Waals surface area (Å²) in [4.78, 5) is 0. The lowest BCUT2D eigenvalue weighted by Crippen LogP contribution is -2.38. The van der Waals surface area contributed by atoms with Gasteiger partial charge in [0.05, 0.1) is 0 Å². The first-order valence-electron chi connectivity index (χ1n) is 5.46. The Morgan fingerprint density at radius 3 is 1.11 bits per heavy atom. The van der Waals surface area contributed by atoms with Crippen LogP contribution in [0.1, 0.15) is 25.0 Å². The van der Waals surface area contributed by atoms with Crippen LogP contribution in [0.4, 0.5) is 0 Å². The summed E-state index contributed by atoms with van der Waals surface area (Å²) >= 11 is 0. The molecule has 1 aromatic rings. The standard InChI is InChI=1S/C12H18O6/c1-7(13)11(15,16)9-3-5-10(6-4-9)12(17,18)8(2)14/h3-8,13-18H,1-2H3. The van der Waals surface area contributed by atoms with Gasteiger partial charge in [0.2, 0.25) is 11.6 Å². The molecule has 1 rings (SSSR count). The van der Waals surface area contributed by atoms with E-state index in [0.29, 0.717) is 0 Å². The average Bonchev–Trinajstić information content (AvgIpc) is 2.28. The fraction of sp³-hybridized carbons (Fsp3) is 0.500. The predicted octanol–water partition coefficient (Wildman–Crippen LogP) is -1.28. The number of aliphatic hydroxyl groups excluding tert-OH is 2. The van der Waals surface area contributed by atoms with Gasteiger partial charge in [-0.05, 0) is 13.8 Å². The van der Waals surface area contributed by atoms with Crippen LogP contribution in [0.2, 0.25) is 0 Å². The Bertz CT molecular complexity index is 355. The summed E-state index contributed by atoms with van der Waals surface area (Å²) in [5, 5.41) is 56.8. The lowest BCUT2D eigenvalue weighted by Gasteiger charge is -2.28. The van der Waals surface area contributed by atoms with Crippen LogP contribution in [0.5, 0.6) is 0 Å². The number of hydrogen-bond donors (Lipinski definition) is 6. The van der Waals surface area contributed by atoms with Gasteiger partial charge in [0.15, 0.2) is 0 Å². The summed E-state index contributed by atoms with van der Waals surface area (Å²) < 4.78 is 0. The van der Waals surface area contributed by atoms with E-state index in [1.54, 1.807) is 0 Å². The highest BCUT2D eigenvalue weighted by atomic mass is 16.5. The number of benzene rings is 1. The van der Waals surface area contributed by atoms with Crippen LogP contribution in [0.3, 0.4) is 0 Å². The first kappa shape index (κ1) is 15.0. The van der Waals surface area contributed by atoms with Crippen molar-refractivity contribution in [2.75, 3.05) is 0 Å². The smallest absolute Gasteiger partial charge is 0.216 e. The van der Waals surface area contributed by atoms with Gasteiger partial charge in [0, 0.05) is 11.1 Å². The van der Waals surface area contributed by atoms with Crippen molar-refractivity contribution in [3.8, 4) is 0 Å². The van der Waals surface area contributed by atoms with Gasteiger partial charge in [-0.15, -0.1) is 0 Å². The van der Waals surface area contributed by atoms with E-state index < -0.39 is 23.8 Å². The van der Waals surface area contributed by atoms with Gasteiger partial charge >= 0.3 is 0 Å². The Morgan fingerprint density at radius 2 is 0.944 bits per heavy atom. The lowest BCUT2D eigenvalue weighted by molar-refractivity contribution is -0.231. The first-order chi connectivity index (χ1) is 8.10. The van der Waals surface area contributed by atoms with E-state index in [1.165, 1.54) is 38.1 Å². The van der Waals surface area contributed by atoms with Crippen molar-refractivity contribution in [2.45, 2.75) is 37.6 Å². The summed E-state index contributed by atoms with van der Waals surface area (Å²) in [7, 11) is 0. The fourth-order valence-corrected chi connectivity index (χ4v) is 1.44. The van der Waals surface area contributed by atoms with E-state index in [9.17, 15) is 30.6 Å². The van der Waals surface area contributed by atoms with Crippen LogP contribution in [-0.2, 0) is 11.6 Å². The zero-order valence-electron chi connectivity index (χ0n) is 10.1. The second-order valence-electron chi connectivity index (χ2n) is 4.38. The van der Waals surface area contributed by atoms with E-state index >= 15 is 0 Å². The fourth-order valence-electron chi connectivity index (χ4n) is 1.44. The van der Waals surface area contributed by atoms with E-state index in [1.807, 2.05) is 0 Å². The highest BCUT2D eigenvalue weighted by molar-refractivity contribution is 5.29. The van der Waals surface area contributed by atoms with E-state index in [2.05, 4.69) is 0 Å². The monoisotopic (exact) mass is 258 g/mol. The Labute approximate surface area is 104 Å². The molecule has 0 aliphatic heterocycles. The molecule has 18 heavy (non-hydrogen) atoms. The SMILES string of the molecule is CC(O)C(O)(O)c1ccc(C(O)(O)C(C)O)cc1. The molecule has 0 aromatic heterocycles. The van der Waals surface area contributed by atoms with Crippen molar-refractivity contribution in [1.29, 1.82) is 0 Å². The maximum Gasteiger partial charge on any atom is 0.216 e. The molecule has 0 saturated carbocycles. The predicted molar refractivity (Wildman–Crippen MR) is 62.0 cm³/mol. The molecule has 102 valence electrons. The second kappa shape index (κ2) is 4.93. The lowest BCUT2D eigenvalue weighted by atomic mass is 9.95. The number of hydrogen-bond acceptors (Lipinski definition) is 6. The molecule has 0 amide bonds. The third kappa shape index (κ3) is 2.69. The Kier molecular flexibility index (Phi) is 4.12. The summed E-state index contributed by atoms with van der Waals surface area (Å²) in [6.45, 7) is 2.43. The zero-order valence-corrected chi connectivity index (χ0v) is 10.1. The molecule has 0 aliphatic carbocycles. The van der Waals surface area contributed by atoms with Crippen LogP contribution in [0.25, 0.3) is 0 Å². The van der Waals surface area contributed by atoms with Crippen molar-refractivity contribution in [3.63, 3.8) is 0 Å². The quantitative estimate of drug-likeness (QED) is 0.374. The molecule has 0 radical (unpaired) electrons. The third-order valence-corrected chi connectivity index (χ3v) is 2.90. The molecule has 0 spiro atoms. The van der Waals surface area contributed by atoms with Crippen molar-refractivity contribution < 1.29 is 30.6 Å². The van der Waals surface area contributed by atoms with Gasteiger partial charge in [-0.1, -0.05) is 24.3 Å². The summed E-state index contributed by atoms with van der Waals surface area (Å²) in [6.07, 6.45) is -2.82. The average molecular weight is 258 g/mol. The molecular weight excluding hydrogens is 240 g/mol. The molecule has 6 N–H and O–H groups in total. The van der Waals surface area contributed by atoms with Gasteiger partial charge in [0.25, 0.3) is 0 Å². The highest BCUT2D eigenvalue weighted by Gasteiger charge is 2.35.